The summed E-state index contributed by atoms with van der Waals surface area (Å²) in [5, 5.41) is 0.444. The number of hydrogen-bond donors (Lipinski definition) is 0. The molecule has 5 heteroatoms. The topological polar surface area (TPSA) is 52.6 Å². The minimum Gasteiger partial charge on any atom is -0.495 e. The highest BCUT2D eigenvalue weighted by Gasteiger charge is 2.26. The fourth-order valence-corrected chi connectivity index (χ4v) is 1.78. The Balaban J connectivity index is 2.30. The summed E-state index contributed by atoms with van der Waals surface area (Å²) in [7, 11) is 1.52. The van der Waals surface area contributed by atoms with E-state index < -0.39 is 11.9 Å². The monoisotopic (exact) mass is 252 g/mol. The maximum absolute atomic E-state index is 11.2. The number of rotatable bonds is 2. The van der Waals surface area contributed by atoms with Gasteiger partial charge in [0.15, 0.2) is 0 Å². The zero-order chi connectivity index (χ0) is 12.4. The first kappa shape index (κ1) is 11.7. The van der Waals surface area contributed by atoms with Crippen molar-refractivity contribution in [3.8, 4) is 5.75 Å². The van der Waals surface area contributed by atoms with Crippen molar-refractivity contribution in [1.82, 2.24) is 0 Å². The highest BCUT2D eigenvalue weighted by Crippen LogP contribution is 2.27. The number of cyclic esters (lactones) is 2. The van der Waals surface area contributed by atoms with E-state index in [4.69, 9.17) is 16.3 Å². The van der Waals surface area contributed by atoms with Gasteiger partial charge in [-0.15, -0.1) is 0 Å². The average Bonchev–Trinajstić information content (AvgIpc) is 2.58. The molecule has 1 aromatic rings. The summed E-state index contributed by atoms with van der Waals surface area (Å²) in [6.07, 6.45) is 1.58. The summed E-state index contributed by atoms with van der Waals surface area (Å²) in [4.78, 5) is 22.1. The van der Waals surface area contributed by atoms with Gasteiger partial charge in [0.05, 0.1) is 18.6 Å². The predicted octanol–water partition coefficient (Wildman–Crippen LogP) is 2.21. The van der Waals surface area contributed by atoms with Gasteiger partial charge in [0.25, 0.3) is 0 Å². The van der Waals surface area contributed by atoms with Crippen molar-refractivity contribution in [2.24, 2.45) is 0 Å². The largest absolute Gasteiger partial charge is 0.495 e. The van der Waals surface area contributed by atoms with E-state index >= 15 is 0 Å². The van der Waals surface area contributed by atoms with Gasteiger partial charge < -0.3 is 9.47 Å². The lowest BCUT2D eigenvalue weighted by molar-refractivity contribution is -0.151. The Kier molecular flexibility index (Phi) is 3.15. The first-order chi connectivity index (χ1) is 8.10. The first-order valence-corrected chi connectivity index (χ1v) is 5.27. The van der Waals surface area contributed by atoms with E-state index in [1.807, 2.05) is 0 Å². The molecule has 1 heterocycles. The summed E-state index contributed by atoms with van der Waals surface area (Å²) in [5.41, 5.74) is 1.05. The molecule has 0 saturated carbocycles. The standard InChI is InChI=1S/C12H9ClO4/c1-16-10-3-2-7(5-9(10)13)4-8-6-11(14)17-12(8)15/h2-5H,6H2,1H3/b8-4+. The van der Waals surface area contributed by atoms with Gasteiger partial charge in [-0.05, 0) is 23.8 Å². The SMILES string of the molecule is COc1ccc(/C=C2\CC(=O)OC2=O)cc1Cl. The zero-order valence-corrected chi connectivity index (χ0v) is 9.78. The van der Waals surface area contributed by atoms with Crippen LogP contribution in [0.15, 0.2) is 23.8 Å². The summed E-state index contributed by atoms with van der Waals surface area (Å²) >= 11 is 5.94. The maximum atomic E-state index is 11.2. The normalized spacial score (nSPS) is 17.4. The van der Waals surface area contributed by atoms with E-state index in [2.05, 4.69) is 4.74 Å². The van der Waals surface area contributed by atoms with E-state index in [-0.39, 0.29) is 6.42 Å². The Hall–Kier alpha value is -1.81. The van der Waals surface area contributed by atoms with Gasteiger partial charge in [0.1, 0.15) is 5.75 Å². The lowest BCUT2D eigenvalue weighted by atomic mass is 10.1. The van der Waals surface area contributed by atoms with Crippen molar-refractivity contribution in [3.63, 3.8) is 0 Å². The summed E-state index contributed by atoms with van der Waals surface area (Å²) in [6.45, 7) is 0. The molecule has 1 aliphatic heterocycles. The van der Waals surface area contributed by atoms with Crippen molar-refractivity contribution in [3.05, 3.63) is 34.4 Å². The molecule has 0 aromatic heterocycles. The predicted molar refractivity (Wildman–Crippen MR) is 61.7 cm³/mol. The molecule has 1 aliphatic rings. The molecule has 4 nitrogen and oxygen atoms in total. The van der Waals surface area contributed by atoms with E-state index in [1.54, 1.807) is 24.3 Å². The van der Waals surface area contributed by atoms with E-state index in [0.717, 1.165) is 5.56 Å². The Morgan fingerprint density at radius 2 is 2.18 bits per heavy atom. The van der Waals surface area contributed by atoms with Crippen LogP contribution in [0.4, 0.5) is 0 Å². The van der Waals surface area contributed by atoms with Crippen molar-refractivity contribution in [2.75, 3.05) is 7.11 Å². The van der Waals surface area contributed by atoms with E-state index in [9.17, 15) is 9.59 Å². The second-order valence-electron chi connectivity index (χ2n) is 3.50. The molecule has 0 unspecified atom stereocenters. The van der Waals surface area contributed by atoms with Gasteiger partial charge in [0, 0.05) is 5.57 Å². The third-order valence-corrected chi connectivity index (χ3v) is 2.62. The molecule has 0 aliphatic carbocycles. The number of esters is 2. The quantitative estimate of drug-likeness (QED) is 0.460. The number of carbonyl (C=O) groups excluding carboxylic acids is 2. The van der Waals surface area contributed by atoms with Crippen molar-refractivity contribution < 1.29 is 19.1 Å². The number of methoxy groups -OCH3 is 1. The van der Waals surface area contributed by atoms with Crippen LogP contribution in [0.3, 0.4) is 0 Å². The first-order valence-electron chi connectivity index (χ1n) is 4.89. The number of carbonyl (C=O) groups is 2. The van der Waals surface area contributed by atoms with Crippen LogP contribution in [-0.2, 0) is 14.3 Å². The molecule has 1 aromatic carbocycles. The van der Waals surface area contributed by atoms with Crippen LogP contribution < -0.4 is 4.74 Å². The molecule has 88 valence electrons. The molecule has 2 rings (SSSR count). The third-order valence-electron chi connectivity index (χ3n) is 2.32. The van der Waals surface area contributed by atoms with Gasteiger partial charge in [0.2, 0.25) is 0 Å². The Morgan fingerprint density at radius 3 is 2.71 bits per heavy atom. The Labute approximate surface area is 103 Å². The molecule has 0 atom stereocenters. The highest BCUT2D eigenvalue weighted by atomic mass is 35.5. The van der Waals surface area contributed by atoms with Gasteiger partial charge in [-0.1, -0.05) is 17.7 Å². The van der Waals surface area contributed by atoms with E-state index in [0.29, 0.717) is 16.3 Å². The highest BCUT2D eigenvalue weighted by molar-refractivity contribution is 6.32. The molecule has 0 radical (unpaired) electrons. The lowest BCUT2D eigenvalue weighted by Crippen LogP contribution is -1.96. The van der Waals surface area contributed by atoms with Gasteiger partial charge >= 0.3 is 11.9 Å². The molecule has 1 saturated heterocycles. The zero-order valence-electron chi connectivity index (χ0n) is 9.03. The van der Waals surface area contributed by atoms with Crippen molar-refractivity contribution >= 4 is 29.6 Å². The summed E-state index contributed by atoms with van der Waals surface area (Å²) in [5.74, 6) is -0.568. The molecule has 0 bridgehead atoms. The minimum atomic E-state index is -0.595. The molecular weight excluding hydrogens is 244 g/mol. The number of hydrogen-bond acceptors (Lipinski definition) is 4. The van der Waals surface area contributed by atoms with Crippen LogP contribution in [0, 0.1) is 0 Å². The minimum absolute atomic E-state index is 0.00246. The average molecular weight is 253 g/mol. The van der Waals surface area contributed by atoms with Gasteiger partial charge in [-0.3, -0.25) is 4.79 Å². The van der Waals surface area contributed by atoms with Gasteiger partial charge in [-0.25, -0.2) is 4.79 Å². The van der Waals surface area contributed by atoms with Gasteiger partial charge in [-0.2, -0.15) is 0 Å². The van der Waals surface area contributed by atoms with Crippen LogP contribution in [0.1, 0.15) is 12.0 Å². The van der Waals surface area contributed by atoms with E-state index in [1.165, 1.54) is 7.11 Å². The molecule has 0 amide bonds. The van der Waals surface area contributed by atoms with Crippen LogP contribution in [0.5, 0.6) is 5.75 Å². The number of halogens is 1. The van der Waals surface area contributed by atoms with Crippen LogP contribution in [-0.4, -0.2) is 19.0 Å². The second-order valence-corrected chi connectivity index (χ2v) is 3.91. The Morgan fingerprint density at radius 1 is 1.41 bits per heavy atom. The third kappa shape index (κ3) is 2.47. The van der Waals surface area contributed by atoms with Crippen molar-refractivity contribution in [2.45, 2.75) is 6.42 Å². The summed E-state index contributed by atoms with van der Waals surface area (Å²) < 4.78 is 9.43. The molecule has 1 fully saturated rings. The lowest BCUT2D eigenvalue weighted by Gasteiger charge is -2.03. The summed E-state index contributed by atoms with van der Waals surface area (Å²) in [6, 6.07) is 5.09. The molecule has 17 heavy (non-hydrogen) atoms. The van der Waals surface area contributed by atoms with Crippen LogP contribution in [0.2, 0.25) is 5.02 Å². The van der Waals surface area contributed by atoms with Crippen LogP contribution >= 0.6 is 11.6 Å². The smallest absolute Gasteiger partial charge is 0.342 e. The second kappa shape index (κ2) is 4.59. The molecule has 0 spiro atoms. The maximum Gasteiger partial charge on any atom is 0.342 e. The van der Waals surface area contributed by atoms with Crippen molar-refractivity contribution in [1.29, 1.82) is 0 Å². The van der Waals surface area contributed by atoms with Crippen LogP contribution in [0.25, 0.3) is 6.08 Å². The fraction of sp³-hybridized carbons (Fsp3) is 0.167. The number of ether oxygens (including phenoxy) is 2. The molecular formula is C12H9ClO4. The number of benzene rings is 1. The Bertz CT molecular complexity index is 519. The molecule has 0 N–H and O–H groups in total. The fourth-order valence-electron chi connectivity index (χ4n) is 1.52.